The predicted molar refractivity (Wildman–Crippen MR) is 78.1 cm³/mol. The van der Waals surface area contributed by atoms with E-state index >= 15 is 0 Å². The molecule has 0 amide bonds. The fourth-order valence-electron chi connectivity index (χ4n) is 1.14. The van der Waals surface area contributed by atoms with E-state index in [-0.39, 0.29) is 5.41 Å². The van der Waals surface area contributed by atoms with E-state index in [1.54, 1.807) is 6.92 Å². The Bertz CT molecular complexity index is 335. The molecule has 0 bridgehead atoms. The third kappa shape index (κ3) is 6.16. The van der Waals surface area contributed by atoms with Gasteiger partial charge in [-0.15, -0.1) is 0 Å². The van der Waals surface area contributed by atoms with Crippen molar-refractivity contribution >= 4 is 10.0 Å². The smallest absolute Gasteiger partial charge is 0.215 e. The van der Waals surface area contributed by atoms with Crippen LogP contribution in [0.5, 0.6) is 0 Å². The molecule has 0 aromatic rings. The van der Waals surface area contributed by atoms with Gasteiger partial charge in [0.25, 0.3) is 0 Å². The topological polar surface area (TPSA) is 58.2 Å². The molecule has 0 radical (unpaired) electrons. The van der Waals surface area contributed by atoms with E-state index in [1.165, 1.54) is 0 Å². The quantitative estimate of drug-likeness (QED) is 0.714. The minimum Gasteiger partial charge on any atom is -0.313 e. The van der Waals surface area contributed by atoms with Crippen molar-refractivity contribution in [3.05, 3.63) is 0 Å². The van der Waals surface area contributed by atoms with Gasteiger partial charge in [-0.25, -0.2) is 13.1 Å². The van der Waals surface area contributed by atoms with Gasteiger partial charge in [0.15, 0.2) is 0 Å². The van der Waals surface area contributed by atoms with Gasteiger partial charge in [0, 0.05) is 19.1 Å². The van der Waals surface area contributed by atoms with Crippen molar-refractivity contribution in [3.63, 3.8) is 0 Å². The molecule has 0 aromatic heterocycles. The number of nitrogens with one attached hydrogen (secondary N) is 2. The lowest BCUT2D eigenvalue weighted by Gasteiger charge is -2.30. The summed E-state index contributed by atoms with van der Waals surface area (Å²) in [5.41, 5.74) is -0.0295. The Morgan fingerprint density at radius 3 is 1.94 bits per heavy atom. The van der Waals surface area contributed by atoms with E-state index in [0.29, 0.717) is 25.0 Å². The Labute approximate surface area is 113 Å². The zero-order valence-corrected chi connectivity index (χ0v) is 13.7. The van der Waals surface area contributed by atoms with Gasteiger partial charge in [-0.1, -0.05) is 41.5 Å². The molecule has 0 spiro atoms. The maximum atomic E-state index is 12.1. The molecule has 5 heteroatoms. The van der Waals surface area contributed by atoms with Crippen molar-refractivity contribution in [2.75, 3.05) is 13.1 Å². The van der Waals surface area contributed by atoms with Crippen LogP contribution in [0.25, 0.3) is 0 Å². The van der Waals surface area contributed by atoms with Gasteiger partial charge in [-0.05, 0) is 18.3 Å². The third-order valence-corrected chi connectivity index (χ3v) is 5.41. The molecule has 4 nitrogen and oxygen atoms in total. The maximum Gasteiger partial charge on any atom is 0.215 e. The van der Waals surface area contributed by atoms with Crippen LogP contribution in [0.1, 0.15) is 48.5 Å². The van der Waals surface area contributed by atoms with Crippen LogP contribution in [0, 0.1) is 11.3 Å². The average Bonchev–Trinajstić information content (AvgIpc) is 2.23. The van der Waals surface area contributed by atoms with Crippen molar-refractivity contribution < 1.29 is 8.42 Å². The second kappa shape index (κ2) is 6.87. The molecular formula is C13H30N2O2S. The fourth-order valence-corrected chi connectivity index (χ4v) is 2.32. The molecular weight excluding hydrogens is 248 g/mol. The summed E-state index contributed by atoms with van der Waals surface area (Å²) in [4.78, 5) is 0. The summed E-state index contributed by atoms with van der Waals surface area (Å²) in [6.07, 6.45) is 0. The van der Waals surface area contributed by atoms with E-state index < -0.39 is 15.3 Å². The van der Waals surface area contributed by atoms with E-state index in [9.17, 15) is 8.42 Å². The van der Waals surface area contributed by atoms with Gasteiger partial charge >= 0.3 is 0 Å². The van der Waals surface area contributed by atoms with Crippen molar-refractivity contribution in [2.45, 2.75) is 59.8 Å². The normalized spacial score (nSPS) is 15.4. The Morgan fingerprint density at radius 1 is 1.06 bits per heavy atom. The van der Waals surface area contributed by atoms with Crippen LogP contribution in [0.3, 0.4) is 0 Å². The number of hydrogen-bond donors (Lipinski definition) is 2. The molecule has 0 aliphatic carbocycles. The second-order valence-electron chi connectivity index (χ2n) is 6.38. The fraction of sp³-hybridized carbons (Fsp3) is 1.00. The van der Waals surface area contributed by atoms with E-state index in [4.69, 9.17) is 0 Å². The molecule has 0 fully saturated rings. The lowest BCUT2D eigenvalue weighted by atomic mass is 9.81. The number of rotatable bonds is 8. The van der Waals surface area contributed by atoms with Crippen molar-refractivity contribution in [2.24, 2.45) is 11.3 Å². The Morgan fingerprint density at radius 2 is 1.56 bits per heavy atom. The molecule has 0 aromatic carbocycles. The molecule has 0 saturated heterocycles. The van der Waals surface area contributed by atoms with Gasteiger partial charge in [-0.2, -0.15) is 0 Å². The molecule has 0 saturated carbocycles. The summed E-state index contributed by atoms with van der Waals surface area (Å²) in [7, 11) is -3.24. The summed E-state index contributed by atoms with van der Waals surface area (Å²) in [6, 6.07) is 0.301. The summed E-state index contributed by atoms with van der Waals surface area (Å²) >= 11 is 0. The Hall–Kier alpha value is -0.130. The van der Waals surface area contributed by atoms with E-state index in [1.807, 2.05) is 13.8 Å². The SMILES string of the molecule is CC(C)NCC(C)S(=O)(=O)NCC(C)(C)C(C)C. The van der Waals surface area contributed by atoms with E-state index in [2.05, 4.69) is 37.7 Å². The highest BCUT2D eigenvalue weighted by Crippen LogP contribution is 2.25. The van der Waals surface area contributed by atoms with Gasteiger partial charge < -0.3 is 5.32 Å². The zero-order chi connectivity index (χ0) is 14.6. The minimum atomic E-state index is -3.24. The number of sulfonamides is 1. The highest BCUT2D eigenvalue weighted by atomic mass is 32.2. The first-order chi connectivity index (χ1) is 7.99. The number of hydrogen-bond acceptors (Lipinski definition) is 3. The standard InChI is InChI=1S/C13H30N2O2S/c1-10(2)13(6,7)9-15-18(16,17)12(5)8-14-11(3)4/h10-12,14-15H,8-9H2,1-7H3. The summed E-state index contributed by atoms with van der Waals surface area (Å²) in [5, 5.41) is 2.74. The lowest BCUT2D eigenvalue weighted by Crippen LogP contribution is -2.44. The third-order valence-electron chi connectivity index (χ3n) is 3.64. The minimum absolute atomic E-state index is 0.0295. The average molecular weight is 278 g/mol. The highest BCUT2D eigenvalue weighted by molar-refractivity contribution is 7.90. The van der Waals surface area contributed by atoms with Crippen LogP contribution in [-0.2, 0) is 10.0 Å². The monoisotopic (exact) mass is 278 g/mol. The van der Waals surface area contributed by atoms with Crippen LogP contribution in [0.2, 0.25) is 0 Å². The molecule has 1 unspecified atom stereocenters. The first-order valence-electron chi connectivity index (χ1n) is 6.71. The van der Waals surface area contributed by atoms with Crippen molar-refractivity contribution in [3.8, 4) is 0 Å². The molecule has 1 atom stereocenters. The van der Waals surface area contributed by atoms with Crippen molar-refractivity contribution in [1.29, 1.82) is 0 Å². The Balaban J connectivity index is 4.40. The highest BCUT2D eigenvalue weighted by Gasteiger charge is 2.27. The molecule has 2 N–H and O–H groups in total. The van der Waals surface area contributed by atoms with Crippen LogP contribution in [0.15, 0.2) is 0 Å². The van der Waals surface area contributed by atoms with E-state index in [0.717, 1.165) is 0 Å². The first kappa shape index (κ1) is 17.9. The molecule has 18 heavy (non-hydrogen) atoms. The predicted octanol–water partition coefficient (Wildman–Crippen LogP) is 1.97. The Kier molecular flexibility index (Phi) is 6.82. The second-order valence-corrected chi connectivity index (χ2v) is 8.57. The largest absolute Gasteiger partial charge is 0.313 e. The molecule has 0 rings (SSSR count). The summed E-state index contributed by atoms with van der Waals surface area (Å²) < 4.78 is 26.9. The molecule has 110 valence electrons. The van der Waals surface area contributed by atoms with Crippen LogP contribution < -0.4 is 10.0 Å². The van der Waals surface area contributed by atoms with Gasteiger partial charge in [-0.3, -0.25) is 0 Å². The van der Waals surface area contributed by atoms with Gasteiger partial charge in [0.1, 0.15) is 0 Å². The first-order valence-corrected chi connectivity index (χ1v) is 8.25. The molecule has 0 heterocycles. The zero-order valence-electron chi connectivity index (χ0n) is 12.9. The summed E-state index contributed by atoms with van der Waals surface area (Å²) in [5.74, 6) is 0.435. The summed E-state index contributed by atoms with van der Waals surface area (Å²) in [6.45, 7) is 15.1. The lowest BCUT2D eigenvalue weighted by molar-refractivity contribution is 0.252. The molecule has 0 aliphatic rings. The van der Waals surface area contributed by atoms with Gasteiger partial charge in [0.2, 0.25) is 10.0 Å². The maximum absolute atomic E-state index is 12.1. The van der Waals surface area contributed by atoms with Crippen molar-refractivity contribution in [1.82, 2.24) is 10.0 Å². The molecule has 0 aliphatic heterocycles. The van der Waals surface area contributed by atoms with Crippen LogP contribution in [-0.4, -0.2) is 32.8 Å². The van der Waals surface area contributed by atoms with Crippen LogP contribution in [0.4, 0.5) is 0 Å². The van der Waals surface area contributed by atoms with Crippen LogP contribution >= 0.6 is 0 Å². The van der Waals surface area contributed by atoms with Gasteiger partial charge in [0.05, 0.1) is 5.25 Å².